The van der Waals surface area contributed by atoms with E-state index >= 15 is 0 Å². The highest BCUT2D eigenvalue weighted by Gasteiger charge is 2.24. The molecule has 0 fully saturated rings. The van der Waals surface area contributed by atoms with Crippen LogP contribution in [0.2, 0.25) is 0 Å². The highest BCUT2D eigenvalue weighted by molar-refractivity contribution is 5.93. The summed E-state index contributed by atoms with van der Waals surface area (Å²) in [5.74, 6) is -0.159. The zero-order valence-corrected chi connectivity index (χ0v) is 14.2. The molecule has 1 atom stereocenters. The van der Waals surface area contributed by atoms with E-state index in [1.165, 1.54) is 0 Å². The molecule has 0 aliphatic heterocycles. The van der Waals surface area contributed by atoms with Crippen LogP contribution in [0.15, 0.2) is 79.4 Å². The van der Waals surface area contributed by atoms with Crippen molar-refractivity contribution < 1.29 is 4.79 Å². The van der Waals surface area contributed by atoms with Gasteiger partial charge in [-0.2, -0.15) is 0 Å². The summed E-state index contributed by atoms with van der Waals surface area (Å²) in [6.45, 7) is 8.05. The Hall–Kier alpha value is -2.65. The van der Waals surface area contributed by atoms with Gasteiger partial charge in [-0.25, -0.2) is 5.43 Å². The van der Waals surface area contributed by atoms with Gasteiger partial charge in [0.1, 0.15) is 0 Å². The number of benzene rings is 2. The van der Waals surface area contributed by atoms with Crippen molar-refractivity contribution in [1.29, 1.82) is 0 Å². The minimum Gasteiger partial charge on any atom is -0.287 e. The van der Waals surface area contributed by atoms with E-state index in [2.05, 4.69) is 31.3 Å². The molecule has 3 heteroatoms. The summed E-state index contributed by atoms with van der Waals surface area (Å²) in [6, 6.07) is 19.1. The summed E-state index contributed by atoms with van der Waals surface area (Å²) in [5, 5.41) is 0. The molecule has 3 nitrogen and oxygen atoms in total. The first-order valence-corrected chi connectivity index (χ1v) is 8.01. The molecule has 0 aromatic heterocycles. The molecule has 0 heterocycles. The van der Waals surface area contributed by atoms with Crippen LogP contribution in [0.5, 0.6) is 0 Å². The van der Waals surface area contributed by atoms with Crippen molar-refractivity contribution in [2.45, 2.75) is 19.9 Å². The van der Waals surface area contributed by atoms with Gasteiger partial charge in [-0.1, -0.05) is 80.6 Å². The Morgan fingerprint density at radius 2 is 1.62 bits per heavy atom. The first kappa shape index (κ1) is 17.7. The summed E-state index contributed by atoms with van der Waals surface area (Å²) < 4.78 is 0. The van der Waals surface area contributed by atoms with Gasteiger partial charge in [-0.15, -0.1) is 6.58 Å². The largest absolute Gasteiger partial charge is 0.287 e. The van der Waals surface area contributed by atoms with Crippen LogP contribution in [0.3, 0.4) is 0 Å². The fourth-order valence-corrected chi connectivity index (χ4v) is 2.19. The summed E-state index contributed by atoms with van der Waals surface area (Å²) in [7, 11) is 0. The van der Waals surface area contributed by atoms with Gasteiger partial charge >= 0.3 is 0 Å². The van der Waals surface area contributed by atoms with E-state index in [9.17, 15) is 4.79 Å². The second-order valence-electron chi connectivity index (χ2n) is 6.24. The lowest BCUT2D eigenvalue weighted by molar-refractivity contribution is 0.0920. The van der Waals surface area contributed by atoms with E-state index in [1.54, 1.807) is 12.1 Å². The summed E-state index contributed by atoms with van der Waals surface area (Å²) in [4.78, 5) is 12.2. The number of carbonyl (C=O) groups excluding carboxylic acids is 1. The van der Waals surface area contributed by atoms with Gasteiger partial charge in [0, 0.05) is 11.0 Å². The third-order valence-electron chi connectivity index (χ3n) is 3.99. The fraction of sp³-hybridized carbons (Fsp3) is 0.190. The van der Waals surface area contributed by atoms with Crippen LogP contribution in [0.25, 0.3) is 6.08 Å². The van der Waals surface area contributed by atoms with Gasteiger partial charge in [0.25, 0.3) is 5.91 Å². The lowest BCUT2D eigenvalue weighted by atomic mass is 9.84. The minimum absolute atomic E-state index is 0.0946. The number of nitrogens with one attached hydrogen (secondary N) is 2. The molecule has 1 unspecified atom stereocenters. The first-order chi connectivity index (χ1) is 11.5. The molecular formula is C21H24N2O. The van der Waals surface area contributed by atoms with Crippen molar-refractivity contribution in [2.75, 3.05) is 0 Å². The van der Waals surface area contributed by atoms with Crippen LogP contribution in [-0.2, 0) is 0 Å². The van der Waals surface area contributed by atoms with Crippen LogP contribution in [0.4, 0.5) is 0 Å². The van der Waals surface area contributed by atoms with Crippen molar-refractivity contribution in [2.24, 2.45) is 5.41 Å². The van der Waals surface area contributed by atoms with Crippen molar-refractivity contribution in [1.82, 2.24) is 10.9 Å². The Labute approximate surface area is 144 Å². The van der Waals surface area contributed by atoms with Crippen molar-refractivity contribution in [3.63, 3.8) is 0 Å². The number of hydrogen-bond acceptors (Lipinski definition) is 2. The predicted octanol–water partition coefficient (Wildman–Crippen LogP) is 4.22. The van der Waals surface area contributed by atoms with Crippen molar-refractivity contribution in [3.8, 4) is 0 Å². The van der Waals surface area contributed by atoms with Crippen LogP contribution in [0.1, 0.15) is 29.8 Å². The number of rotatable bonds is 7. The molecule has 0 saturated heterocycles. The second-order valence-corrected chi connectivity index (χ2v) is 6.24. The van der Waals surface area contributed by atoms with Gasteiger partial charge in [0.2, 0.25) is 0 Å². The Morgan fingerprint density at radius 1 is 1.04 bits per heavy atom. The minimum atomic E-state index is -0.227. The molecule has 0 spiro atoms. The van der Waals surface area contributed by atoms with Crippen molar-refractivity contribution in [3.05, 3.63) is 90.5 Å². The third-order valence-corrected chi connectivity index (χ3v) is 3.99. The maximum Gasteiger partial charge on any atom is 0.265 e. The molecular weight excluding hydrogens is 296 g/mol. The zero-order valence-electron chi connectivity index (χ0n) is 14.2. The average molecular weight is 320 g/mol. The van der Waals surface area contributed by atoms with E-state index in [0.29, 0.717) is 5.56 Å². The summed E-state index contributed by atoms with van der Waals surface area (Å²) in [5.41, 5.74) is 7.41. The molecule has 2 rings (SSSR count). The van der Waals surface area contributed by atoms with Crippen LogP contribution in [0, 0.1) is 5.41 Å². The number of amides is 1. The zero-order chi connectivity index (χ0) is 17.4. The first-order valence-electron chi connectivity index (χ1n) is 8.01. The maximum atomic E-state index is 12.2. The van der Waals surface area contributed by atoms with Gasteiger partial charge in [-0.05, 0) is 17.7 Å². The molecule has 2 aromatic rings. The maximum absolute atomic E-state index is 12.2. The molecule has 0 bridgehead atoms. The van der Waals surface area contributed by atoms with Gasteiger partial charge in [0.05, 0.1) is 6.04 Å². The smallest absolute Gasteiger partial charge is 0.265 e. The Morgan fingerprint density at radius 3 is 2.21 bits per heavy atom. The average Bonchev–Trinajstić information content (AvgIpc) is 2.62. The summed E-state index contributed by atoms with van der Waals surface area (Å²) >= 11 is 0. The molecule has 2 N–H and O–H groups in total. The van der Waals surface area contributed by atoms with E-state index in [4.69, 9.17) is 0 Å². The molecule has 1 amide bonds. The molecule has 0 aliphatic rings. The Kier molecular flexibility index (Phi) is 6.10. The van der Waals surface area contributed by atoms with Gasteiger partial charge in [-0.3, -0.25) is 10.2 Å². The van der Waals surface area contributed by atoms with Crippen LogP contribution >= 0.6 is 0 Å². The standard InChI is InChI=1S/C21H24N2O/c1-4-21(2,3)19(16-15-17-11-7-5-8-12-17)22-23-20(24)18-13-9-6-10-14-18/h4-16,19,22H,1H2,2-3H3,(H,23,24)/b16-15+. The van der Waals surface area contributed by atoms with E-state index in [1.807, 2.05) is 66.8 Å². The lowest BCUT2D eigenvalue weighted by Gasteiger charge is -2.30. The van der Waals surface area contributed by atoms with Crippen molar-refractivity contribution >= 4 is 12.0 Å². The van der Waals surface area contributed by atoms with Gasteiger partial charge < -0.3 is 0 Å². The van der Waals surface area contributed by atoms with E-state index in [-0.39, 0.29) is 17.4 Å². The molecule has 124 valence electrons. The highest BCUT2D eigenvalue weighted by Crippen LogP contribution is 2.23. The third kappa shape index (κ3) is 4.93. The lowest BCUT2D eigenvalue weighted by Crippen LogP contribution is -2.49. The number of carbonyl (C=O) groups is 1. The molecule has 0 aliphatic carbocycles. The SMILES string of the molecule is C=CC(C)(C)C(/C=C/c1ccccc1)NNC(=O)c1ccccc1. The topological polar surface area (TPSA) is 41.1 Å². The molecule has 24 heavy (non-hydrogen) atoms. The molecule has 0 radical (unpaired) electrons. The van der Waals surface area contributed by atoms with Crippen LogP contribution in [-0.4, -0.2) is 11.9 Å². The quantitative estimate of drug-likeness (QED) is 0.592. The number of hydrogen-bond donors (Lipinski definition) is 2. The monoisotopic (exact) mass is 320 g/mol. The Balaban J connectivity index is 2.08. The number of hydrazine groups is 1. The highest BCUT2D eigenvalue weighted by atomic mass is 16.2. The second kappa shape index (κ2) is 8.27. The fourth-order valence-electron chi connectivity index (χ4n) is 2.19. The predicted molar refractivity (Wildman–Crippen MR) is 100 cm³/mol. The van der Waals surface area contributed by atoms with E-state index in [0.717, 1.165) is 5.56 Å². The molecule has 0 saturated carbocycles. The van der Waals surface area contributed by atoms with E-state index < -0.39 is 0 Å². The summed E-state index contributed by atoms with van der Waals surface area (Å²) in [6.07, 6.45) is 5.97. The Bertz CT molecular complexity index is 690. The van der Waals surface area contributed by atoms with Crippen LogP contribution < -0.4 is 10.9 Å². The van der Waals surface area contributed by atoms with Gasteiger partial charge in [0.15, 0.2) is 0 Å². The normalized spacial score (nSPS) is 12.8. The molecule has 2 aromatic carbocycles.